The Hall–Kier alpha value is -2.11. The van der Waals surface area contributed by atoms with Crippen LogP contribution in [0.3, 0.4) is 0 Å². The van der Waals surface area contributed by atoms with Crippen LogP contribution in [0.25, 0.3) is 0 Å². The van der Waals surface area contributed by atoms with E-state index in [0.717, 1.165) is 17.5 Å². The third kappa shape index (κ3) is 4.18. The molecule has 0 saturated carbocycles. The van der Waals surface area contributed by atoms with Gasteiger partial charge in [0.15, 0.2) is 0 Å². The molecule has 21 heavy (non-hydrogen) atoms. The predicted octanol–water partition coefficient (Wildman–Crippen LogP) is 3.40. The molecule has 5 nitrogen and oxygen atoms in total. The van der Waals surface area contributed by atoms with E-state index in [1.165, 1.54) is 6.07 Å². The van der Waals surface area contributed by atoms with Gasteiger partial charge in [-0.25, -0.2) is 0 Å². The first-order valence-electron chi connectivity index (χ1n) is 6.46. The van der Waals surface area contributed by atoms with Crippen LogP contribution in [0, 0.1) is 10.1 Å². The van der Waals surface area contributed by atoms with Crippen LogP contribution in [0.1, 0.15) is 11.1 Å². The second-order valence-electron chi connectivity index (χ2n) is 4.57. The van der Waals surface area contributed by atoms with Crippen LogP contribution in [0.5, 0.6) is 0 Å². The molecule has 6 heteroatoms. The second kappa shape index (κ2) is 7.06. The first-order chi connectivity index (χ1) is 10.1. The molecule has 0 unspecified atom stereocenters. The number of benzene rings is 2. The number of anilines is 1. The lowest BCUT2D eigenvalue weighted by Gasteiger charge is -2.08. The van der Waals surface area contributed by atoms with Gasteiger partial charge in [-0.2, -0.15) is 0 Å². The SMILES string of the molecule is O=[N+]([O-])c1cc(Cl)ccc1NCCc1ccc(CO)cc1. The quantitative estimate of drug-likeness (QED) is 0.633. The topological polar surface area (TPSA) is 75.4 Å². The summed E-state index contributed by atoms with van der Waals surface area (Å²) in [4.78, 5) is 10.5. The molecule has 0 aliphatic heterocycles. The summed E-state index contributed by atoms with van der Waals surface area (Å²) in [5.41, 5.74) is 2.38. The minimum absolute atomic E-state index is 0.0233. The van der Waals surface area contributed by atoms with Crippen LogP contribution >= 0.6 is 11.6 Å². The number of aliphatic hydroxyl groups excluding tert-OH is 1. The molecule has 0 bridgehead atoms. The van der Waals surface area contributed by atoms with Crippen LogP contribution < -0.4 is 5.32 Å². The van der Waals surface area contributed by atoms with Crippen molar-refractivity contribution in [2.75, 3.05) is 11.9 Å². The van der Waals surface area contributed by atoms with Gasteiger partial charge in [0, 0.05) is 17.6 Å². The molecule has 0 radical (unpaired) electrons. The number of halogens is 1. The molecule has 0 aromatic heterocycles. The number of hydrogen-bond acceptors (Lipinski definition) is 4. The highest BCUT2D eigenvalue weighted by Crippen LogP contribution is 2.27. The summed E-state index contributed by atoms with van der Waals surface area (Å²) in [5, 5.41) is 23.3. The molecule has 2 rings (SSSR count). The van der Waals surface area contributed by atoms with Crippen LogP contribution in [-0.2, 0) is 13.0 Å². The molecule has 2 N–H and O–H groups in total. The van der Waals surface area contributed by atoms with E-state index in [1.54, 1.807) is 12.1 Å². The average molecular weight is 307 g/mol. The Labute approximate surface area is 127 Å². The van der Waals surface area contributed by atoms with E-state index in [4.69, 9.17) is 16.7 Å². The molecule has 2 aromatic carbocycles. The molecule has 2 aromatic rings. The lowest BCUT2D eigenvalue weighted by atomic mass is 10.1. The van der Waals surface area contributed by atoms with Crippen molar-refractivity contribution < 1.29 is 10.0 Å². The van der Waals surface area contributed by atoms with Gasteiger partial charge in [-0.05, 0) is 29.7 Å². The van der Waals surface area contributed by atoms with E-state index in [9.17, 15) is 10.1 Å². The average Bonchev–Trinajstić information content (AvgIpc) is 2.49. The van der Waals surface area contributed by atoms with E-state index in [-0.39, 0.29) is 12.3 Å². The summed E-state index contributed by atoms with van der Waals surface area (Å²) >= 11 is 5.77. The Morgan fingerprint density at radius 3 is 2.43 bits per heavy atom. The van der Waals surface area contributed by atoms with Crippen molar-refractivity contribution in [2.45, 2.75) is 13.0 Å². The fourth-order valence-electron chi connectivity index (χ4n) is 1.96. The largest absolute Gasteiger partial charge is 0.392 e. The van der Waals surface area contributed by atoms with Gasteiger partial charge in [-0.1, -0.05) is 35.9 Å². The molecule has 0 spiro atoms. The number of hydrogen-bond donors (Lipinski definition) is 2. The van der Waals surface area contributed by atoms with E-state index in [0.29, 0.717) is 17.3 Å². The smallest absolute Gasteiger partial charge is 0.293 e. The Balaban J connectivity index is 1.98. The summed E-state index contributed by atoms with van der Waals surface area (Å²) in [6.45, 7) is 0.594. The lowest BCUT2D eigenvalue weighted by Crippen LogP contribution is -2.07. The molecule has 0 aliphatic rings. The highest BCUT2D eigenvalue weighted by atomic mass is 35.5. The van der Waals surface area contributed by atoms with Crippen LogP contribution in [0.4, 0.5) is 11.4 Å². The third-order valence-corrected chi connectivity index (χ3v) is 3.33. The van der Waals surface area contributed by atoms with Gasteiger partial charge in [0.1, 0.15) is 5.69 Å². The Morgan fingerprint density at radius 1 is 1.14 bits per heavy atom. The van der Waals surface area contributed by atoms with E-state index in [2.05, 4.69) is 5.32 Å². The van der Waals surface area contributed by atoms with Crippen LogP contribution in [-0.4, -0.2) is 16.6 Å². The highest BCUT2D eigenvalue weighted by molar-refractivity contribution is 6.30. The van der Waals surface area contributed by atoms with Gasteiger partial charge in [-0.15, -0.1) is 0 Å². The van der Waals surface area contributed by atoms with Gasteiger partial charge in [0.05, 0.1) is 11.5 Å². The van der Waals surface area contributed by atoms with Crippen molar-refractivity contribution in [2.24, 2.45) is 0 Å². The molecule has 0 saturated heterocycles. The minimum atomic E-state index is -0.454. The fraction of sp³-hybridized carbons (Fsp3) is 0.200. The number of rotatable bonds is 6. The zero-order chi connectivity index (χ0) is 15.2. The molecule has 0 atom stereocenters. The number of nitrogens with zero attached hydrogens (tertiary/aromatic N) is 1. The van der Waals surface area contributed by atoms with Crippen LogP contribution in [0.15, 0.2) is 42.5 Å². The maximum Gasteiger partial charge on any atom is 0.293 e. The van der Waals surface area contributed by atoms with Gasteiger partial charge >= 0.3 is 0 Å². The molecular weight excluding hydrogens is 292 g/mol. The first kappa shape index (κ1) is 15.3. The fourth-order valence-corrected chi connectivity index (χ4v) is 2.12. The van der Waals surface area contributed by atoms with Gasteiger partial charge < -0.3 is 10.4 Å². The number of aliphatic hydroxyl groups is 1. The van der Waals surface area contributed by atoms with Gasteiger partial charge in [-0.3, -0.25) is 10.1 Å². The van der Waals surface area contributed by atoms with E-state index < -0.39 is 4.92 Å². The standard InChI is InChI=1S/C15H15ClN2O3/c16-13-5-6-14(15(9-13)18(20)21)17-8-7-11-1-3-12(10-19)4-2-11/h1-6,9,17,19H,7-8,10H2. The second-order valence-corrected chi connectivity index (χ2v) is 5.01. The summed E-state index contributed by atoms with van der Waals surface area (Å²) < 4.78 is 0. The zero-order valence-electron chi connectivity index (χ0n) is 11.3. The number of nitrogens with one attached hydrogen (secondary N) is 1. The van der Waals surface area contributed by atoms with Crippen LogP contribution in [0.2, 0.25) is 5.02 Å². The predicted molar refractivity (Wildman–Crippen MR) is 82.7 cm³/mol. The van der Waals surface area contributed by atoms with Crippen molar-refractivity contribution >= 4 is 23.0 Å². The van der Waals surface area contributed by atoms with Crippen molar-refractivity contribution in [3.05, 3.63) is 68.7 Å². The normalized spacial score (nSPS) is 10.4. The number of nitro benzene ring substituents is 1. The lowest BCUT2D eigenvalue weighted by molar-refractivity contribution is -0.383. The molecule has 0 heterocycles. The van der Waals surface area contributed by atoms with Crippen molar-refractivity contribution in [1.82, 2.24) is 0 Å². The molecule has 0 aliphatic carbocycles. The summed E-state index contributed by atoms with van der Waals surface area (Å²) in [5.74, 6) is 0. The zero-order valence-corrected chi connectivity index (χ0v) is 12.0. The summed E-state index contributed by atoms with van der Waals surface area (Å²) in [7, 11) is 0. The van der Waals surface area contributed by atoms with E-state index >= 15 is 0 Å². The third-order valence-electron chi connectivity index (χ3n) is 3.09. The minimum Gasteiger partial charge on any atom is -0.392 e. The Morgan fingerprint density at radius 2 is 1.81 bits per heavy atom. The Bertz CT molecular complexity index is 629. The van der Waals surface area contributed by atoms with Crippen molar-refractivity contribution in [1.29, 1.82) is 0 Å². The molecule has 0 fully saturated rings. The summed E-state index contributed by atoms with van der Waals surface area (Å²) in [6, 6.07) is 12.1. The summed E-state index contributed by atoms with van der Waals surface area (Å²) in [6.07, 6.45) is 0.728. The highest BCUT2D eigenvalue weighted by Gasteiger charge is 2.13. The molecule has 0 amide bonds. The van der Waals surface area contributed by atoms with E-state index in [1.807, 2.05) is 24.3 Å². The molecular formula is C15H15ClN2O3. The number of nitro groups is 1. The monoisotopic (exact) mass is 306 g/mol. The van der Waals surface area contributed by atoms with Crippen molar-refractivity contribution in [3.63, 3.8) is 0 Å². The van der Waals surface area contributed by atoms with Crippen molar-refractivity contribution in [3.8, 4) is 0 Å². The first-order valence-corrected chi connectivity index (χ1v) is 6.84. The maximum atomic E-state index is 11.0. The maximum absolute atomic E-state index is 11.0. The van der Waals surface area contributed by atoms with Gasteiger partial charge in [0.25, 0.3) is 5.69 Å². The van der Waals surface area contributed by atoms with Gasteiger partial charge in [0.2, 0.25) is 0 Å². The Kier molecular flexibility index (Phi) is 5.14. The molecule has 110 valence electrons.